The third kappa shape index (κ3) is 1.30. The van der Waals surface area contributed by atoms with Crippen molar-refractivity contribution in [3.8, 4) is 0 Å². The number of pyridine rings is 1. The molecule has 1 aliphatic rings. The van der Waals surface area contributed by atoms with Crippen molar-refractivity contribution < 1.29 is 4.74 Å². The fourth-order valence-electron chi connectivity index (χ4n) is 1.02. The van der Waals surface area contributed by atoms with Gasteiger partial charge in [-0.3, -0.25) is 4.98 Å². The standard InChI is InChI=1S/C9H9NO/c1-2-8-5-7(3-4-10-8)9-6-11-9/h2-5,9H,1,6H2. The van der Waals surface area contributed by atoms with Gasteiger partial charge in [0.1, 0.15) is 6.10 Å². The number of hydrogen-bond acceptors (Lipinski definition) is 2. The van der Waals surface area contributed by atoms with Gasteiger partial charge in [0.15, 0.2) is 0 Å². The zero-order valence-corrected chi connectivity index (χ0v) is 6.16. The second-order valence-electron chi connectivity index (χ2n) is 2.54. The average molecular weight is 147 g/mol. The second-order valence-corrected chi connectivity index (χ2v) is 2.54. The first kappa shape index (κ1) is 6.55. The lowest BCUT2D eigenvalue weighted by atomic mass is 10.2. The zero-order valence-electron chi connectivity index (χ0n) is 6.16. The van der Waals surface area contributed by atoms with Crippen molar-refractivity contribution in [3.63, 3.8) is 0 Å². The molecule has 2 heterocycles. The minimum atomic E-state index is 0.316. The van der Waals surface area contributed by atoms with Crippen LogP contribution in [0.2, 0.25) is 0 Å². The lowest BCUT2D eigenvalue weighted by Gasteiger charge is -1.95. The second kappa shape index (κ2) is 2.47. The molecule has 56 valence electrons. The summed E-state index contributed by atoms with van der Waals surface area (Å²) < 4.78 is 5.13. The number of aromatic nitrogens is 1. The average Bonchev–Trinajstić information content (AvgIpc) is 2.87. The lowest BCUT2D eigenvalue weighted by molar-refractivity contribution is 0.415. The Labute approximate surface area is 65.5 Å². The molecule has 0 N–H and O–H groups in total. The molecule has 0 spiro atoms. The van der Waals surface area contributed by atoms with E-state index in [1.165, 1.54) is 5.56 Å². The number of nitrogens with zero attached hydrogens (tertiary/aromatic N) is 1. The number of ether oxygens (including phenoxy) is 1. The Morgan fingerprint density at radius 2 is 2.55 bits per heavy atom. The number of hydrogen-bond donors (Lipinski definition) is 0. The minimum absolute atomic E-state index is 0.316. The quantitative estimate of drug-likeness (QED) is 0.596. The fraction of sp³-hybridized carbons (Fsp3) is 0.222. The predicted molar refractivity (Wildman–Crippen MR) is 43.0 cm³/mol. The van der Waals surface area contributed by atoms with E-state index in [1.807, 2.05) is 12.1 Å². The van der Waals surface area contributed by atoms with E-state index in [2.05, 4.69) is 11.6 Å². The van der Waals surface area contributed by atoms with Gasteiger partial charge in [0.2, 0.25) is 0 Å². The Balaban J connectivity index is 2.33. The molecule has 0 saturated carbocycles. The first-order valence-electron chi connectivity index (χ1n) is 3.60. The third-order valence-corrected chi connectivity index (χ3v) is 1.72. The van der Waals surface area contributed by atoms with Crippen molar-refractivity contribution >= 4 is 6.08 Å². The predicted octanol–water partition coefficient (Wildman–Crippen LogP) is 1.80. The van der Waals surface area contributed by atoms with Gasteiger partial charge >= 0.3 is 0 Å². The smallest absolute Gasteiger partial charge is 0.106 e. The summed E-state index contributed by atoms with van der Waals surface area (Å²) in [7, 11) is 0. The Hall–Kier alpha value is -1.15. The van der Waals surface area contributed by atoms with E-state index in [4.69, 9.17) is 4.74 Å². The van der Waals surface area contributed by atoms with Gasteiger partial charge in [0, 0.05) is 6.20 Å². The monoisotopic (exact) mass is 147 g/mol. The van der Waals surface area contributed by atoms with E-state index in [1.54, 1.807) is 12.3 Å². The number of epoxide rings is 1. The van der Waals surface area contributed by atoms with Gasteiger partial charge in [-0.15, -0.1) is 0 Å². The molecule has 1 aromatic rings. The van der Waals surface area contributed by atoms with Crippen LogP contribution in [0.1, 0.15) is 17.4 Å². The summed E-state index contributed by atoms with van der Waals surface area (Å²) in [6.07, 6.45) is 3.84. The van der Waals surface area contributed by atoms with E-state index in [-0.39, 0.29) is 0 Å². The normalized spacial score (nSPS) is 21.3. The molecule has 2 nitrogen and oxygen atoms in total. The summed E-state index contributed by atoms with van der Waals surface area (Å²) in [6.45, 7) is 4.50. The van der Waals surface area contributed by atoms with Gasteiger partial charge in [0.05, 0.1) is 12.3 Å². The highest BCUT2D eigenvalue weighted by Gasteiger charge is 2.24. The molecule has 1 unspecified atom stereocenters. The molecule has 2 heteroatoms. The molecule has 0 aliphatic carbocycles. The van der Waals surface area contributed by atoms with Gasteiger partial charge < -0.3 is 4.74 Å². The van der Waals surface area contributed by atoms with Crippen LogP contribution in [0.15, 0.2) is 24.9 Å². The Morgan fingerprint density at radius 3 is 3.18 bits per heavy atom. The largest absolute Gasteiger partial charge is 0.368 e. The molecule has 1 fully saturated rings. The van der Waals surface area contributed by atoms with E-state index >= 15 is 0 Å². The minimum Gasteiger partial charge on any atom is -0.368 e. The van der Waals surface area contributed by atoms with Crippen LogP contribution >= 0.6 is 0 Å². The van der Waals surface area contributed by atoms with Crippen LogP contribution in [0.25, 0.3) is 6.08 Å². The van der Waals surface area contributed by atoms with Gasteiger partial charge in [-0.25, -0.2) is 0 Å². The maximum Gasteiger partial charge on any atom is 0.106 e. The highest BCUT2D eigenvalue weighted by molar-refractivity contribution is 5.43. The Bertz CT molecular complexity index is 279. The molecule has 1 atom stereocenters. The first-order chi connectivity index (χ1) is 5.40. The van der Waals surface area contributed by atoms with Gasteiger partial charge in [-0.1, -0.05) is 6.58 Å². The fourth-order valence-corrected chi connectivity index (χ4v) is 1.02. The van der Waals surface area contributed by atoms with Gasteiger partial charge in [0.25, 0.3) is 0 Å². The van der Waals surface area contributed by atoms with Crippen LogP contribution in [0.5, 0.6) is 0 Å². The molecule has 1 saturated heterocycles. The van der Waals surface area contributed by atoms with E-state index < -0.39 is 0 Å². The molecule has 2 rings (SSSR count). The summed E-state index contributed by atoms with van der Waals surface area (Å²) >= 11 is 0. The molecular formula is C9H9NO. The molecule has 1 aromatic heterocycles. The lowest BCUT2D eigenvalue weighted by Crippen LogP contribution is -1.84. The van der Waals surface area contributed by atoms with Gasteiger partial charge in [-0.2, -0.15) is 0 Å². The summed E-state index contributed by atoms with van der Waals surface area (Å²) in [4.78, 5) is 4.09. The Kier molecular flexibility index (Phi) is 1.47. The van der Waals surface area contributed by atoms with Gasteiger partial charge in [-0.05, 0) is 23.8 Å². The highest BCUT2D eigenvalue weighted by atomic mass is 16.6. The highest BCUT2D eigenvalue weighted by Crippen LogP contribution is 2.29. The van der Waals surface area contributed by atoms with Crippen LogP contribution < -0.4 is 0 Å². The molecule has 0 radical (unpaired) electrons. The maximum absolute atomic E-state index is 5.13. The molecule has 0 bridgehead atoms. The van der Waals surface area contributed by atoms with E-state index in [9.17, 15) is 0 Å². The first-order valence-corrected chi connectivity index (χ1v) is 3.60. The van der Waals surface area contributed by atoms with Crippen LogP contribution in [0.3, 0.4) is 0 Å². The SMILES string of the molecule is C=Cc1cc(C2CO2)ccn1. The third-order valence-electron chi connectivity index (χ3n) is 1.72. The van der Waals surface area contributed by atoms with E-state index in [0.717, 1.165) is 12.3 Å². The van der Waals surface area contributed by atoms with Crippen molar-refractivity contribution in [2.24, 2.45) is 0 Å². The van der Waals surface area contributed by atoms with Crippen molar-refractivity contribution in [2.75, 3.05) is 6.61 Å². The van der Waals surface area contributed by atoms with Crippen LogP contribution in [0.4, 0.5) is 0 Å². The summed E-state index contributed by atoms with van der Waals surface area (Å²) in [5.41, 5.74) is 2.12. The summed E-state index contributed by atoms with van der Waals surface area (Å²) in [5.74, 6) is 0. The molecule has 11 heavy (non-hydrogen) atoms. The summed E-state index contributed by atoms with van der Waals surface area (Å²) in [5, 5.41) is 0. The summed E-state index contributed by atoms with van der Waals surface area (Å²) in [6, 6.07) is 3.98. The molecule has 0 aromatic carbocycles. The maximum atomic E-state index is 5.13. The van der Waals surface area contributed by atoms with Crippen LogP contribution in [-0.4, -0.2) is 11.6 Å². The number of rotatable bonds is 2. The van der Waals surface area contributed by atoms with Crippen molar-refractivity contribution in [1.82, 2.24) is 4.98 Å². The van der Waals surface area contributed by atoms with Crippen LogP contribution in [-0.2, 0) is 4.74 Å². The van der Waals surface area contributed by atoms with Crippen LogP contribution in [0, 0.1) is 0 Å². The zero-order chi connectivity index (χ0) is 7.68. The van der Waals surface area contributed by atoms with Crippen molar-refractivity contribution in [1.29, 1.82) is 0 Å². The van der Waals surface area contributed by atoms with E-state index in [0.29, 0.717) is 6.10 Å². The van der Waals surface area contributed by atoms with Crippen molar-refractivity contribution in [3.05, 3.63) is 36.2 Å². The molecular weight excluding hydrogens is 138 g/mol. The van der Waals surface area contributed by atoms with Crippen molar-refractivity contribution in [2.45, 2.75) is 6.10 Å². The Morgan fingerprint density at radius 1 is 1.73 bits per heavy atom. The topological polar surface area (TPSA) is 25.4 Å². The molecule has 1 aliphatic heterocycles. The molecule has 0 amide bonds.